The van der Waals surface area contributed by atoms with E-state index < -0.39 is 214 Å². The van der Waals surface area contributed by atoms with Gasteiger partial charge in [0.1, 0.15) is 0 Å². The molecule has 0 heterocycles. The summed E-state index contributed by atoms with van der Waals surface area (Å²) in [5, 5.41) is 129. The van der Waals surface area contributed by atoms with Gasteiger partial charge in [-0.2, -0.15) is 0 Å². The summed E-state index contributed by atoms with van der Waals surface area (Å²) in [7, 11) is 0. The van der Waals surface area contributed by atoms with Gasteiger partial charge in [-0.3, -0.25) is 0 Å². The van der Waals surface area contributed by atoms with Crippen molar-refractivity contribution in [2.24, 2.45) is 0 Å². The number of carboxylic acid groups (broad SMARTS) is 13. The van der Waals surface area contributed by atoms with Crippen molar-refractivity contribution in [2.45, 2.75) is 26.2 Å². The van der Waals surface area contributed by atoms with E-state index in [1.807, 2.05) is 0 Å². The molecule has 75 heavy (non-hydrogen) atoms. The SMILES string of the molecule is CCCCCOC(=O)c1c(C(=O)O)c(C(=O)O)c(C(=O)O)c(C(=O)OC(=O)c2c(C(=O)O)c(C(=O)O)c(C(=O)O)c(C(=O)O)c2C(=O)O)c1C(=O)OC(=O)c1c(C(=O)O)c(C(=O)O)c(C(=O)O)c(C(=O)O)c1C(=O)O. The van der Waals surface area contributed by atoms with Crippen molar-refractivity contribution in [3.63, 3.8) is 0 Å². The second kappa shape index (κ2) is 22.1. The molecule has 392 valence electrons. The quantitative estimate of drug-likeness (QED) is 0.0290. The minimum atomic E-state index is -3.13. The molecule has 0 unspecified atom stereocenters. The smallest absolute Gasteiger partial charge is 0.347 e. The monoisotopic (exact) mass is 1060 g/mol. The van der Waals surface area contributed by atoms with Crippen LogP contribution in [0.2, 0.25) is 0 Å². The minimum absolute atomic E-state index is 0.118. The molecule has 0 amide bonds. The first-order chi connectivity index (χ1) is 34.6. The Morgan fingerprint density at radius 2 is 0.387 bits per heavy atom. The molecule has 34 heteroatoms. The summed E-state index contributed by atoms with van der Waals surface area (Å²) in [6.07, 6.45) is 0.178. The molecule has 0 saturated heterocycles. The van der Waals surface area contributed by atoms with E-state index in [0.717, 1.165) is 0 Å². The van der Waals surface area contributed by atoms with Crippen molar-refractivity contribution >= 4 is 107 Å². The highest BCUT2D eigenvalue weighted by Gasteiger charge is 2.47. The summed E-state index contributed by atoms with van der Waals surface area (Å²) in [6, 6.07) is 0. The molecule has 0 radical (unpaired) electrons. The fraction of sp³-hybridized carbons (Fsp3) is 0.122. The molecule has 3 aromatic rings. The molecule has 0 aliphatic heterocycles. The van der Waals surface area contributed by atoms with Gasteiger partial charge < -0.3 is 80.6 Å². The summed E-state index contributed by atoms with van der Waals surface area (Å²) < 4.78 is 13.5. The highest BCUT2D eigenvalue weighted by molar-refractivity contribution is 6.29. The van der Waals surface area contributed by atoms with Crippen molar-refractivity contribution in [3.8, 4) is 0 Å². The minimum Gasteiger partial charge on any atom is -0.478 e. The maximum Gasteiger partial charge on any atom is 0.347 e. The number of carboxylic acids is 13. The Bertz CT molecular complexity index is 3180. The van der Waals surface area contributed by atoms with Gasteiger partial charge in [-0.1, -0.05) is 19.8 Å². The third-order valence-corrected chi connectivity index (χ3v) is 9.65. The first kappa shape index (κ1) is 57.8. The van der Waals surface area contributed by atoms with Crippen LogP contribution in [0.5, 0.6) is 0 Å². The summed E-state index contributed by atoms with van der Waals surface area (Å²) in [4.78, 5) is 233. The standard InChI is InChI=1S/C41H24O34/c1-2-3-4-5-73-37(68)21-17(35(64)65)12(30(54)55)18(36(66)67)22(40(71)74-38(69)19-13(31(56)57)8(26(46)47)6(24(42)43)9(27(48)49)14(19)32(58)59)23(21)41(72)75-39(70)20-15(33(60)61)10(28(50)51)7(25(44)45)11(29(52)53)16(20)34(62)63/h2-5H2,1H3,(H,42,43)(H,44,45)(H,46,47)(H,48,49)(H,50,51)(H,52,53)(H,54,55)(H,56,57)(H,58,59)(H,60,61)(H,62,63)(H,64,65)(H,66,67). The molecule has 0 spiro atoms. The van der Waals surface area contributed by atoms with Gasteiger partial charge in [0.25, 0.3) is 0 Å². The number of benzene rings is 3. The van der Waals surface area contributed by atoms with Gasteiger partial charge in [-0.05, 0) is 6.42 Å². The van der Waals surface area contributed by atoms with Crippen molar-refractivity contribution in [2.75, 3.05) is 6.61 Å². The Morgan fingerprint density at radius 3 is 0.560 bits per heavy atom. The van der Waals surface area contributed by atoms with Gasteiger partial charge in [-0.15, -0.1) is 0 Å². The third-order valence-electron chi connectivity index (χ3n) is 9.65. The molecule has 0 atom stereocenters. The summed E-state index contributed by atoms with van der Waals surface area (Å²) >= 11 is 0. The van der Waals surface area contributed by atoms with Crippen LogP contribution in [0, 0.1) is 0 Å². The molecule has 3 rings (SSSR count). The number of carbonyl (C=O) groups is 18. The largest absolute Gasteiger partial charge is 0.478 e. The Labute approximate surface area is 407 Å². The molecule has 0 bridgehead atoms. The van der Waals surface area contributed by atoms with Crippen LogP contribution < -0.4 is 0 Å². The predicted molar refractivity (Wildman–Crippen MR) is 219 cm³/mol. The second-order valence-electron chi connectivity index (χ2n) is 13.9. The lowest BCUT2D eigenvalue weighted by Gasteiger charge is -2.21. The van der Waals surface area contributed by atoms with Gasteiger partial charge >= 0.3 is 107 Å². The molecule has 0 saturated carbocycles. The van der Waals surface area contributed by atoms with E-state index in [1.54, 1.807) is 6.92 Å². The zero-order chi connectivity index (χ0) is 57.7. The second-order valence-corrected chi connectivity index (χ2v) is 13.9. The average Bonchev–Trinajstić information content (AvgIpc) is 3.28. The van der Waals surface area contributed by atoms with Gasteiger partial charge in [0.05, 0.1) is 107 Å². The lowest BCUT2D eigenvalue weighted by atomic mass is 9.85. The van der Waals surface area contributed by atoms with Crippen molar-refractivity contribution in [1.82, 2.24) is 0 Å². The predicted octanol–water partition coefficient (Wildman–Crippen LogP) is 1.10. The van der Waals surface area contributed by atoms with Crippen LogP contribution in [0.15, 0.2) is 0 Å². The van der Waals surface area contributed by atoms with Crippen molar-refractivity contribution < 1.29 is 167 Å². The van der Waals surface area contributed by atoms with E-state index in [0.29, 0.717) is 6.42 Å². The third kappa shape index (κ3) is 10.7. The fourth-order valence-corrected chi connectivity index (χ4v) is 7.01. The first-order valence-corrected chi connectivity index (χ1v) is 19.1. The van der Waals surface area contributed by atoms with E-state index in [2.05, 4.69) is 9.47 Å². The number of unbranched alkanes of at least 4 members (excludes halogenated alkanes) is 2. The Kier molecular flexibility index (Phi) is 17.0. The first-order valence-electron chi connectivity index (χ1n) is 19.1. The van der Waals surface area contributed by atoms with E-state index in [9.17, 15) is 153 Å². The van der Waals surface area contributed by atoms with Gasteiger partial charge in [0.2, 0.25) is 0 Å². The van der Waals surface area contributed by atoms with Crippen LogP contribution in [0.3, 0.4) is 0 Å². The number of rotatable bonds is 22. The highest BCUT2D eigenvalue weighted by atomic mass is 16.6. The normalized spacial score (nSPS) is 10.5. The number of hydrogen-bond donors (Lipinski definition) is 13. The maximum absolute atomic E-state index is 14.4. The maximum atomic E-state index is 14.4. The molecular formula is C41H24O34. The van der Waals surface area contributed by atoms with Crippen LogP contribution in [-0.2, 0) is 14.2 Å². The topological polar surface area (TPSA) is 598 Å². The van der Waals surface area contributed by atoms with Crippen LogP contribution in [0.25, 0.3) is 0 Å². The van der Waals surface area contributed by atoms with Crippen LogP contribution in [-0.4, -0.2) is 180 Å². The molecule has 0 aliphatic carbocycles. The van der Waals surface area contributed by atoms with Gasteiger partial charge in [-0.25, -0.2) is 86.3 Å². The average molecular weight is 1060 g/mol. The highest BCUT2D eigenvalue weighted by Crippen LogP contribution is 2.36. The summed E-state index contributed by atoms with van der Waals surface area (Å²) in [6.45, 7) is 0.624. The van der Waals surface area contributed by atoms with Gasteiger partial charge in [0.15, 0.2) is 0 Å². The summed E-state index contributed by atoms with van der Waals surface area (Å²) in [5.41, 5.74) is -42.5. The molecule has 34 nitrogen and oxygen atoms in total. The van der Waals surface area contributed by atoms with Crippen LogP contribution in [0.4, 0.5) is 0 Å². The van der Waals surface area contributed by atoms with Crippen LogP contribution >= 0.6 is 0 Å². The molecule has 13 N–H and O–H groups in total. The molecule has 0 aromatic heterocycles. The zero-order valence-electron chi connectivity index (χ0n) is 36.2. The summed E-state index contributed by atoms with van der Waals surface area (Å²) in [5.74, 6) is -51.4. The lowest BCUT2D eigenvalue weighted by molar-refractivity contribution is 0.0342. The lowest BCUT2D eigenvalue weighted by Crippen LogP contribution is -2.33. The van der Waals surface area contributed by atoms with E-state index in [4.69, 9.17) is 4.74 Å². The molecule has 3 aromatic carbocycles. The van der Waals surface area contributed by atoms with E-state index in [-0.39, 0.29) is 12.8 Å². The number of carbonyl (C=O) groups excluding carboxylic acids is 5. The molecular weight excluding hydrogens is 1040 g/mol. The molecule has 0 aliphatic rings. The zero-order valence-corrected chi connectivity index (χ0v) is 36.2. The van der Waals surface area contributed by atoms with Gasteiger partial charge in [0, 0.05) is 0 Å². The van der Waals surface area contributed by atoms with Crippen LogP contribution in [0.1, 0.15) is 213 Å². The Balaban J connectivity index is 2.82. The van der Waals surface area contributed by atoms with Crippen molar-refractivity contribution in [1.29, 1.82) is 0 Å². The van der Waals surface area contributed by atoms with E-state index >= 15 is 0 Å². The number of aromatic carboxylic acids is 13. The number of hydrogen-bond acceptors (Lipinski definition) is 21. The number of esters is 5. The molecule has 0 fully saturated rings. The Hall–Kier alpha value is -11.5. The fourth-order valence-electron chi connectivity index (χ4n) is 7.01. The van der Waals surface area contributed by atoms with E-state index in [1.165, 1.54) is 0 Å². The van der Waals surface area contributed by atoms with Crippen molar-refractivity contribution in [3.05, 3.63) is 100 Å². The Morgan fingerprint density at radius 1 is 0.240 bits per heavy atom. The number of ether oxygens (including phenoxy) is 3.